The first-order chi connectivity index (χ1) is 8.46. The number of hydrogen-bond acceptors (Lipinski definition) is 2. The van der Waals surface area contributed by atoms with Crippen LogP contribution in [0.5, 0.6) is 0 Å². The predicted molar refractivity (Wildman–Crippen MR) is 60.1 cm³/mol. The van der Waals surface area contributed by atoms with Crippen LogP contribution in [-0.4, -0.2) is 21.1 Å². The van der Waals surface area contributed by atoms with Crippen LogP contribution < -0.4 is 0 Å². The summed E-state index contributed by atoms with van der Waals surface area (Å²) in [6.07, 6.45) is -0.457. The highest BCUT2D eigenvalue weighted by Gasteiger charge is 2.29. The minimum absolute atomic E-state index is 0.0570. The van der Waals surface area contributed by atoms with Crippen molar-refractivity contribution in [1.29, 1.82) is 0 Å². The summed E-state index contributed by atoms with van der Waals surface area (Å²) in [6, 6.07) is 3.64. The lowest BCUT2D eigenvalue weighted by Gasteiger charge is -2.08. The molecule has 0 saturated heterocycles. The van der Waals surface area contributed by atoms with Crippen LogP contribution in [0.15, 0.2) is 30.7 Å². The van der Waals surface area contributed by atoms with Crippen molar-refractivity contribution in [3.8, 4) is 0 Å². The summed E-state index contributed by atoms with van der Waals surface area (Å²) >= 11 is 0. The van der Waals surface area contributed by atoms with Gasteiger partial charge in [-0.2, -0.15) is 13.2 Å². The van der Waals surface area contributed by atoms with Gasteiger partial charge < -0.3 is 4.98 Å². The number of aromatic amines is 1. The van der Waals surface area contributed by atoms with Gasteiger partial charge in [0.15, 0.2) is 0 Å². The molecule has 0 aliphatic heterocycles. The molecule has 0 aromatic carbocycles. The fourth-order valence-corrected chi connectivity index (χ4v) is 1.70. The second kappa shape index (κ2) is 4.80. The van der Waals surface area contributed by atoms with E-state index in [4.69, 9.17) is 0 Å². The Hall–Kier alpha value is -1.85. The summed E-state index contributed by atoms with van der Waals surface area (Å²) in [7, 11) is 0. The van der Waals surface area contributed by atoms with Gasteiger partial charge in [0.1, 0.15) is 12.2 Å². The van der Waals surface area contributed by atoms with E-state index in [-0.39, 0.29) is 11.7 Å². The maximum absolute atomic E-state index is 12.2. The monoisotopic (exact) mass is 255 g/mol. The number of halogens is 3. The zero-order valence-electron chi connectivity index (χ0n) is 9.70. The SMILES string of the molecule is C[C@H](c1ccncc1)c1c[nH]c(CC(F)(F)F)n1. The summed E-state index contributed by atoms with van der Waals surface area (Å²) in [6.45, 7) is 1.89. The standard InChI is InChI=1S/C12H12F3N3/c1-8(9-2-4-16-5-3-9)10-7-17-11(18-10)6-12(13,14)15/h2-5,7-8H,6H2,1H3,(H,17,18)/t8-/m1/s1. The second-order valence-corrected chi connectivity index (χ2v) is 4.07. The first kappa shape index (κ1) is 12.6. The Labute approximate surface area is 102 Å². The van der Waals surface area contributed by atoms with Crippen molar-refractivity contribution in [3.63, 3.8) is 0 Å². The van der Waals surface area contributed by atoms with E-state index in [1.165, 1.54) is 6.20 Å². The van der Waals surface area contributed by atoms with Crippen molar-refractivity contribution in [2.45, 2.75) is 25.4 Å². The fraction of sp³-hybridized carbons (Fsp3) is 0.333. The van der Waals surface area contributed by atoms with Crippen molar-refractivity contribution >= 4 is 0 Å². The molecule has 0 aliphatic rings. The van der Waals surface area contributed by atoms with Gasteiger partial charge in [-0.05, 0) is 17.7 Å². The fourth-order valence-electron chi connectivity index (χ4n) is 1.70. The summed E-state index contributed by atoms with van der Waals surface area (Å²) in [5.74, 6) is -0.121. The molecule has 0 radical (unpaired) electrons. The molecule has 3 nitrogen and oxygen atoms in total. The molecular weight excluding hydrogens is 243 g/mol. The molecule has 0 saturated carbocycles. The number of imidazole rings is 1. The van der Waals surface area contributed by atoms with Gasteiger partial charge in [-0.1, -0.05) is 6.92 Å². The third kappa shape index (κ3) is 3.09. The van der Waals surface area contributed by atoms with Crippen LogP contribution in [0.3, 0.4) is 0 Å². The van der Waals surface area contributed by atoms with E-state index in [9.17, 15) is 13.2 Å². The maximum atomic E-state index is 12.2. The molecule has 2 rings (SSSR count). The first-order valence-corrected chi connectivity index (χ1v) is 5.46. The normalized spacial score (nSPS) is 13.6. The van der Waals surface area contributed by atoms with Crippen LogP contribution in [0.1, 0.15) is 29.9 Å². The Morgan fingerprint density at radius 3 is 2.56 bits per heavy atom. The van der Waals surface area contributed by atoms with Crippen LogP contribution in [-0.2, 0) is 6.42 Å². The number of H-pyrrole nitrogens is 1. The van der Waals surface area contributed by atoms with Crippen LogP contribution in [0.2, 0.25) is 0 Å². The Kier molecular flexibility index (Phi) is 3.36. The van der Waals surface area contributed by atoms with Gasteiger partial charge in [-0.15, -0.1) is 0 Å². The first-order valence-electron chi connectivity index (χ1n) is 5.46. The van der Waals surface area contributed by atoms with Gasteiger partial charge in [0, 0.05) is 24.5 Å². The molecule has 0 fully saturated rings. The molecule has 0 unspecified atom stereocenters. The highest BCUT2D eigenvalue weighted by atomic mass is 19.4. The van der Waals surface area contributed by atoms with E-state index < -0.39 is 12.6 Å². The third-order valence-corrected chi connectivity index (χ3v) is 2.67. The van der Waals surface area contributed by atoms with Gasteiger partial charge in [0.05, 0.1) is 5.69 Å². The molecular formula is C12H12F3N3. The van der Waals surface area contributed by atoms with E-state index >= 15 is 0 Å². The third-order valence-electron chi connectivity index (χ3n) is 2.67. The molecule has 18 heavy (non-hydrogen) atoms. The van der Waals surface area contributed by atoms with Crippen molar-refractivity contribution in [2.75, 3.05) is 0 Å². The molecule has 0 aliphatic carbocycles. The molecule has 1 atom stereocenters. The van der Waals surface area contributed by atoms with Crippen LogP contribution in [0, 0.1) is 0 Å². The van der Waals surface area contributed by atoms with Gasteiger partial charge >= 0.3 is 6.18 Å². The van der Waals surface area contributed by atoms with Crippen LogP contribution in [0.25, 0.3) is 0 Å². The van der Waals surface area contributed by atoms with E-state index in [2.05, 4.69) is 15.0 Å². The average molecular weight is 255 g/mol. The summed E-state index contributed by atoms with van der Waals surface area (Å²) in [5.41, 5.74) is 1.57. The van der Waals surface area contributed by atoms with E-state index in [1.54, 1.807) is 12.4 Å². The second-order valence-electron chi connectivity index (χ2n) is 4.07. The van der Waals surface area contributed by atoms with Gasteiger partial charge in [0.25, 0.3) is 0 Å². The number of nitrogens with one attached hydrogen (secondary N) is 1. The maximum Gasteiger partial charge on any atom is 0.396 e. The Morgan fingerprint density at radius 2 is 1.94 bits per heavy atom. The highest BCUT2D eigenvalue weighted by Crippen LogP contribution is 2.24. The van der Waals surface area contributed by atoms with Gasteiger partial charge in [-0.25, -0.2) is 4.98 Å². The lowest BCUT2D eigenvalue weighted by Crippen LogP contribution is -2.12. The number of pyridine rings is 1. The summed E-state index contributed by atoms with van der Waals surface area (Å²) in [4.78, 5) is 10.4. The minimum atomic E-state index is -4.24. The molecule has 1 N–H and O–H groups in total. The lowest BCUT2D eigenvalue weighted by atomic mass is 10.00. The van der Waals surface area contributed by atoms with Gasteiger partial charge in [0.2, 0.25) is 0 Å². The number of hydrogen-bond donors (Lipinski definition) is 1. The molecule has 0 amide bonds. The summed E-state index contributed by atoms with van der Waals surface area (Å²) in [5, 5.41) is 0. The van der Waals surface area contributed by atoms with Crippen LogP contribution >= 0.6 is 0 Å². The number of nitrogens with zero attached hydrogens (tertiary/aromatic N) is 2. The Bertz CT molecular complexity index is 505. The predicted octanol–water partition coefficient (Wildman–Crippen LogP) is 3.06. The number of rotatable bonds is 3. The molecule has 96 valence electrons. The number of alkyl halides is 3. The zero-order chi connectivity index (χ0) is 13.2. The largest absolute Gasteiger partial charge is 0.396 e. The molecule has 2 aromatic rings. The van der Waals surface area contributed by atoms with Crippen molar-refractivity contribution in [3.05, 3.63) is 47.8 Å². The van der Waals surface area contributed by atoms with Crippen LogP contribution in [0.4, 0.5) is 13.2 Å². The van der Waals surface area contributed by atoms with Crippen molar-refractivity contribution < 1.29 is 13.2 Å². The molecule has 2 aromatic heterocycles. The quantitative estimate of drug-likeness (QED) is 0.915. The summed E-state index contributed by atoms with van der Waals surface area (Å²) < 4.78 is 36.6. The molecule has 6 heteroatoms. The van der Waals surface area contributed by atoms with E-state index in [1.807, 2.05) is 19.1 Å². The Morgan fingerprint density at radius 1 is 1.28 bits per heavy atom. The average Bonchev–Trinajstić information content (AvgIpc) is 2.75. The minimum Gasteiger partial charge on any atom is -0.348 e. The number of aromatic nitrogens is 3. The topological polar surface area (TPSA) is 41.6 Å². The smallest absolute Gasteiger partial charge is 0.348 e. The molecule has 0 spiro atoms. The van der Waals surface area contributed by atoms with Crippen molar-refractivity contribution in [2.24, 2.45) is 0 Å². The molecule has 2 heterocycles. The van der Waals surface area contributed by atoms with E-state index in [0.29, 0.717) is 5.69 Å². The van der Waals surface area contributed by atoms with Crippen molar-refractivity contribution in [1.82, 2.24) is 15.0 Å². The molecule has 0 bridgehead atoms. The van der Waals surface area contributed by atoms with Gasteiger partial charge in [-0.3, -0.25) is 4.98 Å². The lowest BCUT2D eigenvalue weighted by molar-refractivity contribution is -0.128. The highest BCUT2D eigenvalue weighted by molar-refractivity contribution is 5.24. The van der Waals surface area contributed by atoms with E-state index in [0.717, 1.165) is 5.56 Å². The zero-order valence-corrected chi connectivity index (χ0v) is 9.70. The Balaban J connectivity index is 2.15.